The molecule has 2 heterocycles. The molecule has 0 atom stereocenters. The van der Waals surface area contributed by atoms with Gasteiger partial charge in [-0.1, -0.05) is 89.1 Å². The van der Waals surface area contributed by atoms with Gasteiger partial charge in [-0.05, 0) is 66.6 Å². The van der Waals surface area contributed by atoms with Crippen molar-refractivity contribution in [1.29, 1.82) is 5.26 Å². The number of fused-ring (bicyclic) bond motifs is 3. The molecule has 0 saturated heterocycles. The van der Waals surface area contributed by atoms with E-state index in [0.717, 1.165) is 32.7 Å². The topological polar surface area (TPSA) is 84.2 Å². The van der Waals surface area contributed by atoms with Gasteiger partial charge in [-0.2, -0.15) is 5.26 Å². The maximum Gasteiger partial charge on any atom is 0.283 e. The molecular weight excluding hydrogens is 587 g/mol. The van der Waals surface area contributed by atoms with Crippen molar-refractivity contribution in [3.8, 4) is 17.3 Å². The summed E-state index contributed by atoms with van der Waals surface area (Å²) in [6.07, 6.45) is 3.55. The molecule has 6 aromatic rings. The van der Waals surface area contributed by atoms with Crippen molar-refractivity contribution in [3.05, 3.63) is 133 Å². The summed E-state index contributed by atoms with van der Waals surface area (Å²) in [5.74, 6) is 0. The molecular formula is C33H20Cl2N4O2S. The van der Waals surface area contributed by atoms with Crippen LogP contribution in [0.1, 0.15) is 22.3 Å². The number of pyridine rings is 1. The Bertz CT molecular complexity index is 2100. The lowest BCUT2D eigenvalue weighted by molar-refractivity contribution is -0.387. The third kappa shape index (κ3) is 5.24. The number of nitro groups is 1. The fourth-order valence-electron chi connectivity index (χ4n) is 4.75. The number of hydrogen-bond donors (Lipinski definition) is 0. The van der Waals surface area contributed by atoms with Gasteiger partial charge in [-0.3, -0.25) is 14.5 Å². The van der Waals surface area contributed by atoms with Crippen molar-refractivity contribution in [2.45, 2.75) is 16.7 Å². The summed E-state index contributed by atoms with van der Waals surface area (Å²) in [5, 5.41) is 23.0. The second kappa shape index (κ2) is 11.3. The summed E-state index contributed by atoms with van der Waals surface area (Å²) in [5.41, 5.74) is 6.41. The van der Waals surface area contributed by atoms with Crippen molar-refractivity contribution in [1.82, 2.24) is 9.38 Å². The predicted octanol–water partition coefficient (Wildman–Crippen LogP) is 9.87. The van der Waals surface area contributed by atoms with Crippen molar-refractivity contribution >= 4 is 69.5 Å². The fourth-order valence-corrected chi connectivity index (χ4v) is 5.95. The van der Waals surface area contributed by atoms with E-state index in [1.165, 1.54) is 11.8 Å². The van der Waals surface area contributed by atoms with Crippen molar-refractivity contribution < 1.29 is 4.92 Å². The van der Waals surface area contributed by atoms with E-state index >= 15 is 0 Å². The predicted molar refractivity (Wildman–Crippen MR) is 170 cm³/mol. The average molecular weight is 608 g/mol. The van der Waals surface area contributed by atoms with Gasteiger partial charge in [0.2, 0.25) is 0 Å². The normalized spacial score (nSPS) is 11.4. The molecule has 0 amide bonds. The van der Waals surface area contributed by atoms with Crippen LogP contribution in [0.4, 0.5) is 5.69 Å². The molecule has 0 spiro atoms. The smallest absolute Gasteiger partial charge is 0.283 e. The van der Waals surface area contributed by atoms with E-state index < -0.39 is 0 Å². The number of hydrogen-bond acceptors (Lipinski definition) is 5. The van der Waals surface area contributed by atoms with E-state index in [9.17, 15) is 15.4 Å². The van der Waals surface area contributed by atoms with Crippen molar-refractivity contribution in [2.24, 2.45) is 0 Å². The lowest BCUT2D eigenvalue weighted by Gasteiger charge is -2.12. The summed E-state index contributed by atoms with van der Waals surface area (Å²) in [6.45, 7) is 2.00. The zero-order valence-electron chi connectivity index (χ0n) is 22.1. The molecule has 0 N–H and O–H groups in total. The van der Waals surface area contributed by atoms with Crippen LogP contribution >= 0.6 is 35.0 Å². The zero-order valence-corrected chi connectivity index (χ0v) is 24.4. The highest BCUT2D eigenvalue weighted by Crippen LogP contribution is 2.37. The number of aryl methyl sites for hydroxylation is 1. The maximum absolute atomic E-state index is 12.0. The number of aromatic nitrogens is 2. The highest BCUT2D eigenvalue weighted by Gasteiger charge is 2.19. The number of nitrogens with zero attached hydrogens (tertiary/aromatic N) is 4. The number of imidazole rings is 1. The first-order valence-corrected chi connectivity index (χ1v) is 14.4. The second-order valence-electron chi connectivity index (χ2n) is 9.59. The molecule has 6 rings (SSSR count). The number of nitriles is 1. The van der Waals surface area contributed by atoms with Crippen LogP contribution in [0, 0.1) is 28.4 Å². The first kappa shape index (κ1) is 27.6. The molecule has 2 aromatic heterocycles. The Morgan fingerprint density at radius 3 is 2.48 bits per heavy atom. The van der Waals surface area contributed by atoms with Crippen LogP contribution in [0.2, 0.25) is 10.0 Å². The van der Waals surface area contributed by atoms with Crippen LogP contribution in [0.25, 0.3) is 40.1 Å². The largest absolute Gasteiger partial charge is 0.291 e. The molecule has 0 saturated carbocycles. The van der Waals surface area contributed by atoms with Gasteiger partial charge in [-0.25, -0.2) is 4.98 Å². The van der Waals surface area contributed by atoms with Crippen LogP contribution in [-0.4, -0.2) is 14.3 Å². The minimum Gasteiger partial charge on any atom is -0.291 e. The standard InChI is InChI=1S/C33H20Cl2N4O2S/c1-20-6-12-24(13-7-20)42-32-15-9-21(16-31(32)39(40)41)8-10-22-18-30(23-11-14-26(34)27(35)17-23)38-29-5-3-2-4-28(29)37-33(38)25(22)19-36/h2-18H,1H3/b10-8+. The Morgan fingerprint density at radius 1 is 0.952 bits per heavy atom. The number of rotatable bonds is 6. The monoisotopic (exact) mass is 606 g/mol. The van der Waals surface area contributed by atoms with Gasteiger partial charge >= 0.3 is 0 Å². The molecule has 0 fully saturated rings. The highest BCUT2D eigenvalue weighted by atomic mass is 35.5. The molecule has 0 aliphatic rings. The van der Waals surface area contributed by atoms with Crippen LogP contribution in [0.15, 0.2) is 101 Å². The Labute approximate surface area is 255 Å². The third-order valence-electron chi connectivity index (χ3n) is 6.82. The Balaban J connectivity index is 1.47. The highest BCUT2D eigenvalue weighted by molar-refractivity contribution is 7.99. The van der Waals surface area contributed by atoms with E-state index in [4.69, 9.17) is 28.2 Å². The molecule has 0 unspecified atom stereocenters. The van der Waals surface area contributed by atoms with Gasteiger partial charge in [0.25, 0.3) is 5.69 Å². The number of nitro benzene ring substituents is 1. The van der Waals surface area contributed by atoms with Crippen LogP contribution in [-0.2, 0) is 0 Å². The lowest BCUT2D eigenvalue weighted by Crippen LogP contribution is -1.98. The number of para-hydroxylation sites is 2. The first-order valence-electron chi connectivity index (χ1n) is 12.8. The van der Waals surface area contributed by atoms with E-state index in [0.29, 0.717) is 37.3 Å². The minimum absolute atomic E-state index is 0.00897. The number of benzene rings is 4. The summed E-state index contributed by atoms with van der Waals surface area (Å²) in [4.78, 5) is 17.8. The van der Waals surface area contributed by atoms with Gasteiger partial charge in [-0.15, -0.1) is 0 Å². The number of halogens is 2. The Kier molecular flexibility index (Phi) is 7.44. The van der Waals surface area contributed by atoms with Gasteiger partial charge in [0.1, 0.15) is 11.6 Å². The zero-order chi connectivity index (χ0) is 29.4. The van der Waals surface area contributed by atoms with Crippen molar-refractivity contribution in [2.75, 3.05) is 0 Å². The second-order valence-corrected chi connectivity index (χ2v) is 11.5. The molecule has 9 heteroatoms. The fraction of sp³-hybridized carbons (Fsp3) is 0.0303. The third-order valence-corrected chi connectivity index (χ3v) is 8.63. The van der Waals surface area contributed by atoms with Gasteiger partial charge in [0.15, 0.2) is 5.65 Å². The first-order chi connectivity index (χ1) is 20.3. The molecule has 4 aromatic carbocycles. The molecule has 0 aliphatic carbocycles. The van der Waals surface area contributed by atoms with Crippen LogP contribution in [0.5, 0.6) is 0 Å². The van der Waals surface area contributed by atoms with E-state index in [1.807, 2.05) is 78.1 Å². The van der Waals surface area contributed by atoms with Crippen LogP contribution in [0.3, 0.4) is 0 Å². The van der Waals surface area contributed by atoms with E-state index in [1.54, 1.807) is 36.4 Å². The maximum atomic E-state index is 12.0. The molecule has 42 heavy (non-hydrogen) atoms. The molecule has 0 bridgehead atoms. The summed E-state index contributed by atoms with van der Waals surface area (Å²) in [6, 6.07) is 30.2. The SMILES string of the molecule is Cc1ccc(Sc2ccc(/C=C/c3cc(-c4ccc(Cl)c(Cl)c4)n4c(nc5ccccc54)c3C#N)cc2[N+](=O)[O-])cc1. The lowest BCUT2D eigenvalue weighted by atomic mass is 10.0. The van der Waals surface area contributed by atoms with Gasteiger partial charge in [0, 0.05) is 16.5 Å². The summed E-state index contributed by atoms with van der Waals surface area (Å²) >= 11 is 13.9. The Hall–Kier alpha value is -4.61. The molecule has 0 aliphatic heterocycles. The van der Waals surface area contributed by atoms with Crippen LogP contribution < -0.4 is 0 Å². The Morgan fingerprint density at radius 2 is 1.74 bits per heavy atom. The van der Waals surface area contributed by atoms with Gasteiger partial charge < -0.3 is 0 Å². The van der Waals surface area contributed by atoms with Gasteiger partial charge in [0.05, 0.1) is 36.6 Å². The average Bonchev–Trinajstić information content (AvgIpc) is 3.38. The summed E-state index contributed by atoms with van der Waals surface area (Å²) in [7, 11) is 0. The minimum atomic E-state index is -0.376. The molecule has 204 valence electrons. The quantitative estimate of drug-likeness (QED) is 0.139. The summed E-state index contributed by atoms with van der Waals surface area (Å²) < 4.78 is 1.94. The molecule has 6 nitrogen and oxygen atoms in total. The van der Waals surface area contributed by atoms with E-state index in [-0.39, 0.29) is 10.6 Å². The van der Waals surface area contributed by atoms with E-state index in [2.05, 4.69) is 6.07 Å². The van der Waals surface area contributed by atoms with Crippen molar-refractivity contribution in [3.63, 3.8) is 0 Å². The molecule has 0 radical (unpaired) electrons.